The molecule has 2 aromatic rings. The molecule has 2 rings (SSSR count). The van der Waals surface area contributed by atoms with E-state index in [-0.39, 0.29) is 13.6 Å². The smallest absolute Gasteiger partial charge is 0.258 e. The summed E-state index contributed by atoms with van der Waals surface area (Å²) in [6.45, 7) is 4.94. The molecule has 0 aliphatic carbocycles. The first kappa shape index (κ1) is 21.3. The van der Waals surface area contributed by atoms with Gasteiger partial charge in [-0.15, -0.1) is 0 Å². The van der Waals surface area contributed by atoms with Gasteiger partial charge in [-0.3, -0.25) is 10.1 Å². The first-order valence-electron chi connectivity index (χ1n) is 7.56. The molecule has 0 heterocycles. The number of aryl methyl sites for hydroxylation is 3. The summed E-state index contributed by atoms with van der Waals surface area (Å²) < 4.78 is 51.8. The second kappa shape index (κ2) is 7.19. The number of hydrogen-bond donors (Lipinski definition) is 0. The fraction of sp³-hybridized carbons (Fsp3) is 0.250. The Bertz CT molecular complexity index is 1120. The van der Waals surface area contributed by atoms with Crippen LogP contribution < -0.4 is 0 Å². The van der Waals surface area contributed by atoms with Crippen LogP contribution in [0.15, 0.2) is 40.1 Å². The minimum atomic E-state index is -4.58. The third kappa shape index (κ3) is 3.84. The van der Waals surface area contributed by atoms with Crippen molar-refractivity contribution in [2.24, 2.45) is 0 Å². The molecule has 0 aromatic heterocycles. The van der Waals surface area contributed by atoms with Crippen LogP contribution in [0.5, 0.6) is 0 Å². The Labute approximate surface area is 162 Å². The SMILES string of the molecule is Cc1cc(C)c(S(=O)(=O)N(C)S(=O)(=O)c2ccc(Cl)c([N+](=O)[O-])c2)c(C)c1. The highest BCUT2D eigenvalue weighted by atomic mass is 35.5. The normalized spacial score (nSPS) is 12.4. The van der Waals surface area contributed by atoms with Gasteiger partial charge in [0.25, 0.3) is 25.7 Å². The summed E-state index contributed by atoms with van der Waals surface area (Å²) in [5.74, 6) is 0. The van der Waals surface area contributed by atoms with Crippen molar-refractivity contribution in [3.05, 3.63) is 62.2 Å². The summed E-state index contributed by atoms with van der Waals surface area (Å²) in [5.41, 5.74) is 1.00. The molecule has 0 bridgehead atoms. The van der Waals surface area contributed by atoms with Crippen molar-refractivity contribution in [2.45, 2.75) is 30.6 Å². The van der Waals surface area contributed by atoms with Crippen LogP contribution in [0.2, 0.25) is 5.02 Å². The van der Waals surface area contributed by atoms with Crippen LogP contribution in [-0.4, -0.2) is 32.5 Å². The zero-order valence-electron chi connectivity index (χ0n) is 14.9. The summed E-state index contributed by atoms with van der Waals surface area (Å²) in [7, 11) is -8.11. The third-order valence-electron chi connectivity index (χ3n) is 3.95. The molecule has 2 aromatic carbocycles. The zero-order chi connectivity index (χ0) is 20.7. The van der Waals surface area contributed by atoms with Gasteiger partial charge in [0.1, 0.15) is 5.02 Å². The number of nitrogens with zero attached hydrogens (tertiary/aromatic N) is 2. The predicted molar refractivity (Wildman–Crippen MR) is 101 cm³/mol. The second-order valence-electron chi connectivity index (χ2n) is 5.99. The first-order chi connectivity index (χ1) is 12.3. The van der Waals surface area contributed by atoms with Crippen LogP contribution in [0.1, 0.15) is 16.7 Å². The number of rotatable bonds is 5. The largest absolute Gasteiger partial charge is 0.289 e. The van der Waals surface area contributed by atoms with E-state index in [1.165, 1.54) is 0 Å². The van der Waals surface area contributed by atoms with Gasteiger partial charge in [0.2, 0.25) is 0 Å². The van der Waals surface area contributed by atoms with Crippen LogP contribution in [0.25, 0.3) is 0 Å². The minimum Gasteiger partial charge on any atom is -0.258 e. The molecule has 11 heteroatoms. The fourth-order valence-electron chi connectivity index (χ4n) is 2.77. The lowest BCUT2D eigenvalue weighted by Crippen LogP contribution is -2.34. The van der Waals surface area contributed by atoms with E-state index < -0.39 is 35.6 Å². The lowest BCUT2D eigenvalue weighted by atomic mass is 10.1. The van der Waals surface area contributed by atoms with Crippen LogP contribution in [0.3, 0.4) is 0 Å². The van der Waals surface area contributed by atoms with Crippen LogP contribution in [0, 0.1) is 30.9 Å². The van der Waals surface area contributed by atoms with Gasteiger partial charge in [0, 0.05) is 13.1 Å². The summed E-state index contributed by atoms with van der Waals surface area (Å²) in [5, 5.41) is 10.7. The Morgan fingerprint density at radius 3 is 1.96 bits per heavy atom. The maximum absolute atomic E-state index is 13.0. The molecule has 0 amide bonds. The van der Waals surface area contributed by atoms with Gasteiger partial charge < -0.3 is 0 Å². The molecule has 0 aliphatic rings. The third-order valence-corrected chi connectivity index (χ3v) is 8.81. The van der Waals surface area contributed by atoms with Crippen molar-refractivity contribution >= 4 is 37.3 Å². The molecule has 0 saturated carbocycles. The number of nitro groups is 1. The van der Waals surface area contributed by atoms with Crippen molar-refractivity contribution in [3.8, 4) is 0 Å². The lowest BCUT2D eigenvalue weighted by Gasteiger charge is -2.20. The van der Waals surface area contributed by atoms with Crippen molar-refractivity contribution in [3.63, 3.8) is 0 Å². The van der Waals surface area contributed by atoms with Gasteiger partial charge >= 0.3 is 0 Å². The van der Waals surface area contributed by atoms with E-state index >= 15 is 0 Å². The summed E-state index contributed by atoms with van der Waals surface area (Å²) >= 11 is 5.69. The molecule has 0 fully saturated rings. The van der Waals surface area contributed by atoms with E-state index in [2.05, 4.69) is 0 Å². The molecule has 27 heavy (non-hydrogen) atoms. The van der Waals surface area contributed by atoms with E-state index in [1.807, 2.05) is 0 Å². The summed E-state index contributed by atoms with van der Waals surface area (Å²) in [6.07, 6.45) is 0. The van der Waals surface area contributed by atoms with Gasteiger partial charge in [0.15, 0.2) is 0 Å². The fourth-order valence-corrected chi connectivity index (χ4v) is 6.46. The highest BCUT2D eigenvalue weighted by Gasteiger charge is 2.36. The zero-order valence-corrected chi connectivity index (χ0v) is 17.3. The van der Waals surface area contributed by atoms with Gasteiger partial charge in [-0.2, -0.15) is 0 Å². The van der Waals surface area contributed by atoms with E-state index in [9.17, 15) is 26.9 Å². The number of halogens is 1. The lowest BCUT2D eigenvalue weighted by molar-refractivity contribution is -0.384. The Hall–Kier alpha value is -2.01. The molecule has 0 N–H and O–H groups in total. The molecule has 0 saturated heterocycles. The van der Waals surface area contributed by atoms with Gasteiger partial charge in [-0.25, -0.2) is 16.8 Å². The Kier molecular flexibility index (Phi) is 5.67. The monoisotopic (exact) mass is 432 g/mol. The van der Waals surface area contributed by atoms with Crippen LogP contribution in [0.4, 0.5) is 5.69 Å². The molecule has 0 aliphatic heterocycles. The molecule has 8 nitrogen and oxygen atoms in total. The molecule has 0 unspecified atom stereocenters. The number of benzene rings is 2. The molecule has 0 radical (unpaired) electrons. The number of hydrogen-bond acceptors (Lipinski definition) is 6. The van der Waals surface area contributed by atoms with E-state index in [0.717, 1.165) is 30.8 Å². The predicted octanol–water partition coefficient (Wildman–Crippen LogP) is 3.18. The Morgan fingerprint density at radius 2 is 1.48 bits per heavy atom. The van der Waals surface area contributed by atoms with E-state index in [1.54, 1.807) is 32.9 Å². The summed E-state index contributed by atoms with van der Waals surface area (Å²) in [6, 6.07) is 6.06. The summed E-state index contributed by atoms with van der Waals surface area (Å²) in [4.78, 5) is 9.49. The van der Waals surface area contributed by atoms with Crippen molar-refractivity contribution in [1.82, 2.24) is 3.71 Å². The minimum absolute atomic E-state index is 0.123. The average molecular weight is 433 g/mol. The van der Waals surface area contributed by atoms with Gasteiger partial charge in [-0.1, -0.05) is 33.0 Å². The topological polar surface area (TPSA) is 115 Å². The van der Waals surface area contributed by atoms with E-state index in [0.29, 0.717) is 11.1 Å². The molecule has 146 valence electrons. The highest BCUT2D eigenvalue weighted by Crippen LogP contribution is 2.31. The second-order valence-corrected chi connectivity index (χ2v) is 10.5. The maximum atomic E-state index is 13.0. The van der Waals surface area contributed by atoms with E-state index in [4.69, 9.17) is 11.6 Å². The number of nitro benzene ring substituents is 1. The molecule has 0 atom stereocenters. The highest BCUT2D eigenvalue weighted by molar-refractivity contribution is 8.04. The molecule has 0 spiro atoms. The molecular formula is C16H17ClN2O6S2. The first-order valence-corrected chi connectivity index (χ1v) is 10.8. The standard InChI is InChI=1S/C16H17ClN2O6S2/c1-10-7-11(2)16(12(3)8-10)27(24,25)18(4)26(22,23)13-5-6-14(17)15(9-13)19(20)21/h5-9H,1-4H3. The van der Waals surface area contributed by atoms with Gasteiger partial charge in [0.05, 0.1) is 14.7 Å². The van der Waals surface area contributed by atoms with Crippen molar-refractivity contribution < 1.29 is 21.8 Å². The van der Waals surface area contributed by atoms with Crippen LogP contribution in [-0.2, 0) is 20.0 Å². The average Bonchev–Trinajstić information content (AvgIpc) is 2.52. The van der Waals surface area contributed by atoms with Crippen molar-refractivity contribution in [2.75, 3.05) is 7.05 Å². The van der Waals surface area contributed by atoms with Crippen LogP contribution >= 0.6 is 11.6 Å². The molecular weight excluding hydrogens is 416 g/mol. The quantitative estimate of drug-likeness (QED) is 0.529. The Balaban J connectivity index is 2.64. The van der Waals surface area contributed by atoms with Crippen molar-refractivity contribution in [1.29, 1.82) is 0 Å². The number of sulfonamides is 2. The van der Waals surface area contributed by atoms with Gasteiger partial charge in [-0.05, 0) is 44.0 Å². The Morgan fingerprint density at radius 1 is 0.963 bits per heavy atom. The maximum Gasteiger partial charge on any atom is 0.289 e.